The van der Waals surface area contributed by atoms with E-state index >= 15 is 0 Å². The van der Waals surface area contributed by atoms with Gasteiger partial charge in [-0.25, -0.2) is 14.0 Å². The fraction of sp³-hybridized carbons (Fsp3) is 0.529. The minimum Gasteiger partial charge on any atom is -0.479 e. The van der Waals surface area contributed by atoms with E-state index in [0.29, 0.717) is 12.0 Å². The molecule has 0 aliphatic heterocycles. The summed E-state index contributed by atoms with van der Waals surface area (Å²) in [6.45, 7) is 8.77. The highest BCUT2D eigenvalue weighted by atomic mass is 19.1. The number of aryl methyl sites for hydroxylation is 1. The number of carbonyl (C=O) groups is 2. The van der Waals surface area contributed by atoms with E-state index in [2.05, 4.69) is 0 Å². The van der Waals surface area contributed by atoms with Crippen LogP contribution >= 0.6 is 0 Å². The van der Waals surface area contributed by atoms with E-state index in [4.69, 9.17) is 4.74 Å². The fourth-order valence-electron chi connectivity index (χ4n) is 2.19. The maximum absolute atomic E-state index is 14.1. The van der Waals surface area contributed by atoms with Crippen LogP contribution in [0.2, 0.25) is 0 Å². The molecule has 0 saturated heterocycles. The van der Waals surface area contributed by atoms with Gasteiger partial charge in [0, 0.05) is 12.1 Å². The summed E-state index contributed by atoms with van der Waals surface area (Å²) in [6, 6.07) is 2.78. The zero-order chi connectivity index (χ0) is 17.8. The summed E-state index contributed by atoms with van der Waals surface area (Å²) >= 11 is 0. The highest BCUT2D eigenvalue weighted by Crippen LogP contribution is 2.27. The number of benzene rings is 1. The normalized spacial score (nSPS) is 12.6. The van der Waals surface area contributed by atoms with Crippen LogP contribution in [0.3, 0.4) is 0 Å². The second kappa shape index (κ2) is 7.44. The van der Waals surface area contributed by atoms with Gasteiger partial charge in [0.25, 0.3) is 0 Å². The minimum atomic E-state index is -1.43. The number of hydrogen-bond acceptors (Lipinski definition) is 3. The van der Waals surface area contributed by atoms with Crippen molar-refractivity contribution < 1.29 is 23.8 Å². The summed E-state index contributed by atoms with van der Waals surface area (Å²) in [7, 11) is 0. The molecule has 0 radical (unpaired) electrons. The number of carboxylic acid groups (broad SMARTS) is 1. The third kappa shape index (κ3) is 5.23. The first-order valence-electron chi connectivity index (χ1n) is 7.55. The van der Waals surface area contributed by atoms with Crippen LogP contribution in [-0.2, 0) is 9.53 Å². The summed E-state index contributed by atoms with van der Waals surface area (Å²) < 4.78 is 19.4. The van der Waals surface area contributed by atoms with Crippen molar-refractivity contribution in [3.63, 3.8) is 0 Å². The Morgan fingerprint density at radius 2 is 1.96 bits per heavy atom. The predicted molar refractivity (Wildman–Crippen MR) is 84.7 cm³/mol. The molecule has 6 heteroatoms. The van der Waals surface area contributed by atoms with Crippen LogP contribution in [0.15, 0.2) is 18.2 Å². The molecule has 1 unspecified atom stereocenters. The van der Waals surface area contributed by atoms with E-state index in [1.165, 1.54) is 12.1 Å². The lowest BCUT2D eigenvalue weighted by molar-refractivity contribution is -0.143. The number of aliphatic carboxylic acids is 1. The standard InChI is InChI=1S/C17H24FNO4/c1-6-9-19(16(22)23-17(3,4)5)14(15(20)21)12-10-11(2)7-8-13(12)18/h7-8,10,14H,6,9H2,1-5H3,(H,20,21). The van der Waals surface area contributed by atoms with E-state index < -0.39 is 29.5 Å². The maximum Gasteiger partial charge on any atom is 0.411 e. The van der Waals surface area contributed by atoms with Crippen molar-refractivity contribution in [2.24, 2.45) is 0 Å². The molecule has 1 atom stereocenters. The molecule has 0 aromatic heterocycles. The van der Waals surface area contributed by atoms with Crippen LogP contribution in [0.25, 0.3) is 0 Å². The number of carboxylic acids is 1. The van der Waals surface area contributed by atoms with Gasteiger partial charge in [0.15, 0.2) is 6.04 Å². The van der Waals surface area contributed by atoms with Crippen molar-refractivity contribution in [1.82, 2.24) is 4.90 Å². The molecule has 1 rings (SSSR count). The quantitative estimate of drug-likeness (QED) is 0.891. The van der Waals surface area contributed by atoms with Gasteiger partial charge in [-0.1, -0.05) is 24.6 Å². The van der Waals surface area contributed by atoms with Crippen LogP contribution < -0.4 is 0 Å². The summed E-state index contributed by atoms with van der Waals surface area (Å²) in [5.74, 6) is -1.96. The van der Waals surface area contributed by atoms with Gasteiger partial charge in [-0.2, -0.15) is 0 Å². The maximum atomic E-state index is 14.1. The Bertz CT molecular complexity index is 580. The lowest BCUT2D eigenvalue weighted by atomic mass is 10.0. The number of halogens is 1. The monoisotopic (exact) mass is 325 g/mol. The van der Waals surface area contributed by atoms with Gasteiger partial charge in [-0.05, 0) is 40.2 Å². The minimum absolute atomic E-state index is 0.0446. The molecule has 0 spiro atoms. The number of ether oxygens (including phenoxy) is 1. The number of rotatable bonds is 5. The molecular weight excluding hydrogens is 301 g/mol. The molecule has 5 nitrogen and oxygen atoms in total. The first-order chi connectivity index (χ1) is 10.6. The molecular formula is C17H24FNO4. The topological polar surface area (TPSA) is 66.8 Å². The molecule has 0 aliphatic carbocycles. The molecule has 0 saturated carbocycles. The average Bonchev–Trinajstić information content (AvgIpc) is 2.39. The highest BCUT2D eigenvalue weighted by Gasteiger charge is 2.35. The summed E-state index contributed by atoms with van der Waals surface area (Å²) in [4.78, 5) is 25.2. The van der Waals surface area contributed by atoms with Crippen molar-refractivity contribution in [3.8, 4) is 0 Å². The fourth-order valence-corrected chi connectivity index (χ4v) is 2.19. The van der Waals surface area contributed by atoms with Gasteiger partial charge in [0.1, 0.15) is 11.4 Å². The van der Waals surface area contributed by atoms with Gasteiger partial charge in [0.2, 0.25) is 0 Å². The Kier molecular flexibility index (Phi) is 6.12. The molecule has 23 heavy (non-hydrogen) atoms. The van der Waals surface area contributed by atoms with Crippen LogP contribution in [0.1, 0.15) is 51.3 Å². The first-order valence-corrected chi connectivity index (χ1v) is 7.55. The van der Waals surface area contributed by atoms with E-state index in [-0.39, 0.29) is 12.1 Å². The van der Waals surface area contributed by atoms with Gasteiger partial charge in [-0.3, -0.25) is 4.90 Å². The number of nitrogens with zero attached hydrogens (tertiary/aromatic N) is 1. The Labute approximate surface area is 136 Å². The molecule has 1 aromatic rings. The molecule has 1 amide bonds. The van der Waals surface area contributed by atoms with E-state index in [9.17, 15) is 19.1 Å². The first kappa shape index (κ1) is 18.9. The van der Waals surface area contributed by atoms with Crippen LogP contribution in [0.4, 0.5) is 9.18 Å². The highest BCUT2D eigenvalue weighted by molar-refractivity contribution is 5.81. The Morgan fingerprint density at radius 3 is 2.43 bits per heavy atom. The van der Waals surface area contributed by atoms with E-state index in [0.717, 1.165) is 4.90 Å². The smallest absolute Gasteiger partial charge is 0.411 e. The molecule has 1 aromatic carbocycles. The Morgan fingerprint density at radius 1 is 1.35 bits per heavy atom. The van der Waals surface area contributed by atoms with Crippen molar-refractivity contribution in [2.45, 2.75) is 52.7 Å². The van der Waals surface area contributed by atoms with Gasteiger partial charge >= 0.3 is 12.1 Å². The van der Waals surface area contributed by atoms with Crippen molar-refractivity contribution >= 4 is 12.1 Å². The van der Waals surface area contributed by atoms with E-state index in [1.54, 1.807) is 33.8 Å². The Hall–Kier alpha value is -2.11. The number of amides is 1. The third-order valence-electron chi connectivity index (χ3n) is 3.08. The van der Waals surface area contributed by atoms with Crippen molar-refractivity contribution in [3.05, 3.63) is 35.1 Å². The summed E-state index contributed by atoms with van der Waals surface area (Å²) in [5.41, 5.74) is -0.0952. The lowest BCUT2D eigenvalue weighted by Gasteiger charge is -2.31. The SMILES string of the molecule is CCCN(C(=O)OC(C)(C)C)C(C(=O)O)c1cc(C)ccc1F. The summed E-state index contributed by atoms with van der Waals surface area (Å²) in [5, 5.41) is 9.57. The second-order valence-corrected chi connectivity index (χ2v) is 6.44. The number of carbonyl (C=O) groups excluding carboxylic acids is 1. The van der Waals surface area contributed by atoms with Crippen LogP contribution in [0.5, 0.6) is 0 Å². The average molecular weight is 325 g/mol. The van der Waals surface area contributed by atoms with E-state index in [1.807, 2.05) is 6.92 Å². The molecule has 1 N–H and O–H groups in total. The molecule has 128 valence electrons. The van der Waals surface area contributed by atoms with Gasteiger partial charge in [0.05, 0.1) is 0 Å². The molecule has 0 fully saturated rings. The zero-order valence-corrected chi connectivity index (χ0v) is 14.2. The lowest BCUT2D eigenvalue weighted by Crippen LogP contribution is -2.43. The van der Waals surface area contributed by atoms with Gasteiger partial charge < -0.3 is 9.84 Å². The molecule has 0 heterocycles. The van der Waals surface area contributed by atoms with Crippen LogP contribution in [0, 0.1) is 12.7 Å². The van der Waals surface area contributed by atoms with Gasteiger partial charge in [-0.15, -0.1) is 0 Å². The zero-order valence-electron chi connectivity index (χ0n) is 14.2. The molecule has 0 aliphatic rings. The second-order valence-electron chi connectivity index (χ2n) is 6.44. The largest absolute Gasteiger partial charge is 0.479 e. The van der Waals surface area contributed by atoms with Crippen molar-refractivity contribution in [1.29, 1.82) is 0 Å². The van der Waals surface area contributed by atoms with Crippen LogP contribution in [-0.4, -0.2) is 34.2 Å². The third-order valence-corrected chi connectivity index (χ3v) is 3.08. The predicted octanol–water partition coefficient (Wildman–Crippen LogP) is 3.91. The van der Waals surface area contributed by atoms with Crippen molar-refractivity contribution in [2.75, 3.05) is 6.54 Å². The molecule has 0 bridgehead atoms. The summed E-state index contributed by atoms with van der Waals surface area (Å²) in [6.07, 6.45) is -0.246. The Balaban J connectivity index is 3.29. The number of hydrogen-bond donors (Lipinski definition) is 1.